The number of hydrogen-bond donors (Lipinski definition) is 1. The van der Waals surface area contributed by atoms with Crippen molar-refractivity contribution in [2.75, 3.05) is 11.6 Å². The molecule has 3 aromatic rings. The van der Waals surface area contributed by atoms with Gasteiger partial charge < -0.3 is 9.84 Å². The molecule has 0 radical (unpaired) electrons. The van der Waals surface area contributed by atoms with E-state index in [1.807, 2.05) is 0 Å². The van der Waals surface area contributed by atoms with Crippen molar-refractivity contribution in [3.63, 3.8) is 0 Å². The number of hydrazone groups is 1. The average Bonchev–Trinajstić information content (AvgIpc) is 3.29. The summed E-state index contributed by atoms with van der Waals surface area (Å²) in [7, 11) is 0. The summed E-state index contributed by atoms with van der Waals surface area (Å²) in [5.74, 6) is -4.85. The van der Waals surface area contributed by atoms with Gasteiger partial charge in [-0.3, -0.25) is 19.2 Å². The number of carbonyl (C=O) groups is 5. The largest absolute Gasteiger partial charge is 0.505 e. The van der Waals surface area contributed by atoms with Crippen LogP contribution in [0, 0.1) is 0 Å². The molecule has 0 aliphatic carbocycles. The van der Waals surface area contributed by atoms with Crippen LogP contribution in [0.2, 0.25) is 5.02 Å². The summed E-state index contributed by atoms with van der Waals surface area (Å²) in [4.78, 5) is 58.0. The Morgan fingerprint density at radius 2 is 1.51 bits per heavy atom. The van der Waals surface area contributed by atoms with Crippen LogP contribution in [0.5, 0.6) is 0 Å². The highest BCUT2D eigenvalue weighted by molar-refractivity contribution is 6.82. The van der Waals surface area contributed by atoms with Crippen molar-refractivity contribution in [3.8, 4) is 0 Å². The van der Waals surface area contributed by atoms with Crippen molar-refractivity contribution in [3.05, 3.63) is 101 Å². The van der Waals surface area contributed by atoms with Crippen LogP contribution in [-0.4, -0.2) is 46.7 Å². The number of carbonyl (C=O) groups excluding carboxylic acids is 5. The maximum Gasteiger partial charge on any atom is 0.381 e. The Labute approximate surface area is 239 Å². The van der Waals surface area contributed by atoms with Gasteiger partial charge in [0, 0.05) is 17.5 Å². The summed E-state index contributed by atoms with van der Waals surface area (Å²) < 4.78 is 4.69. The number of anilines is 1. The number of amides is 1. The normalized spacial score (nSPS) is 13.2. The van der Waals surface area contributed by atoms with Gasteiger partial charge in [-0.15, -0.1) is 5.11 Å². The molecular formula is C29H23ClN4O7. The molecule has 1 amide bonds. The molecule has 0 atom stereocenters. The van der Waals surface area contributed by atoms with Crippen molar-refractivity contribution in [1.82, 2.24) is 0 Å². The van der Waals surface area contributed by atoms with Crippen LogP contribution in [0.25, 0.3) is 5.76 Å². The monoisotopic (exact) mass is 574 g/mol. The lowest BCUT2D eigenvalue weighted by Gasteiger charge is -2.09. The zero-order valence-corrected chi connectivity index (χ0v) is 22.6. The summed E-state index contributed by atoms with van der Waals surface area (Å²) in [5, 5.41) is 23.2. The maximum atomic E-state index is 12.3. The van der Waals surface area contributed by atoms with E-state index in [4.69, 9.17) is 11.6 Å². The molecule has 0 unspecified atom stereocenters. The summed E-state index contributed by atoms with van der Waals surface area (Å²) >= 11 is 5.81. The van der Waals surface area contributed by atoms with Gasteiger partial charge in [0.05, 0.1) is 18.0 Å². The number of rotatable bonds is 8. The van der Waals surface area contributed by atoms with Crippen LogP contribution in [0.15, 0.2) is 106 Å². The van der Waals surface area contributed by atoms with Gasteiger partial charge in [-0.05, 0) is 55.5 Å². The summed E-state index contributed by atoms with van der Waals surface area (Å²) in [6.45, 7) is 2.80. The third kappa shape index (κ3) is 7.87. The molecule has 1 heterocycles. The third-order valence-electron chi connectivity index (χ3n) is 5.18. The average molecular weight is 575 g/mol. The minimum atomic E-state index is -1.12. The molecular weight excluding hydrogens is 552 g/mol. The fraction of sp³-hybridized carbons (Fsp3) is 0.103. The zero-order chi connectivity index (χ0) is 29.9. The highest BCUT2D eigenvalue weighted by Gasteiger charge is 2.37. The number of ether oxygens (including phenoxy) is 1. The molecule has 1 N–H and O–H groups in total. The number of Topliss-reactive ketones (excluding diaryl/α,β-unsaturated/α-hetero) is 3. The minimum absolute atomic E-state index is 0.0232. The Hall–Kier alpha value is -5.29. The van der Waals surface area contributed by atoms with Crippen molar-refractivity contribution in [2.45, 2.75) is 13.8 Å². The first-order chi connectivity index (χ1) is 19.6. The number of halogens is 1. The molecule has 0 aromatic heterocycles. The Bertz CT molecular complexity index is 1550. The van der Waals surface area contributed by atoms with Crippen molar-refractivity contribution in [2.24, 2.45) is 15.3 Å². The molecule has 208 valence electrons. The molecule has 1 aliphatic rings. The summed E-state index contributed by atoms with van der Waals surface area (Å²) in [6, 6.07) is 23.1. The predicted molar refractivity (Wildman–Crippen MR) is 151 cm³/mol. The van der Waals surface area contributed by atoms with E-state index in [-0.39, 0.29) is 17.9 Å². The van der Waals surface area contributed by atoms with E-state index in [2.05, 4.69) is 20.1 Å². The van der Waals surface area contributed by atoms with Gasteiger partial charge >= 0.3 is 11.9 Å². The van der Waals surface area contributed by atoms with Crippen molar-refractivity contribution >= 4 is 63.7 Å². The van der Waals surface area contributed by atoms with E-state index in [9.17, 15) is 29.1 Å². The number of benzene rings is 3. The topological polar surface area (TPSA) is 155 Å². The molecule has 11 nitrogen and oxygen atoms in total. The molecule has 41 heavy (non-hydrogen) atoms. The highest BCUT2D eigenvalue weighted by atomic mass is 35.5. The van der Waals surface area contributed by atoms with Gasteiger partial charge in [-0.25, -0.2) is 4.79 Å². The Kier molecular flexibility index (Phi) is 10.5. The van der Waals surface area contributed by atoms with Crippen LogP contribution in [-0.2, 0) is 28.7 Å². The maximum absolute atomic E-state index is 12.3. The first-order valence-electron chi connectivity index (χ1n) is 12.0. The number of para-hydroxylation sites is 1. The SMILES string of the molecule is CC(=O)C1=NN(c2ccccc2)C(=O)C1=O.CCOC(=O)C(=O)C(N=Nc1ccccc1)=C(O)c1ccc(Cl)cc1. The zero-order valence-electron chi connectivity index (χ0n) is 21.9. The molecule has 3 aromatic carbocycles. The van der Waals surface area contributed by atoms with E-state index < -0.39 is 40.7 Å². The van der Waals surface area contributed by atoms with E-state index in [0.717, 1.165) is 5.01 Å². The second-order valence-corrected chi connectivity index (χ2v) is 8.51. The van der Waals surface area contributed by atoms with Crippen LogP contribution in [0.3, 0.4) is 0 Å². The predicted octanol–water partition coefficient (Wildman–Crippen LogP) is 5.03. The Balaban J connectivity index is 0.000000248. The molecule has 0 fully saturated rings. The number of nitrogens with zero attached hydrogens (tertiary/aromatic N) is 4. The highest BCUT2D eigenvalue weighted by Crippen LogP contribution is 2.23. The Morgan fingerprint density at radius 3 is 2.05 bits per heavy atom. The second-order valence-electron chi connectivity index (χ2n) is 8.08. The number of aliphatic hydroxyl groups excluding tert-OH is 1. The standard InChI is InChI=1S/C18H15ClN2O4.C11H8N2O3/c1-2-25-18(24)17(23)15(21-20-14-6-4-3-5-7-14)16(22)12-8-10-13(19)11-9-12;1-7(14)9-10(15)11(16)13(12-9)8-5-3-2-4-6-8/h3-11,22H,2H2,1H3;2-6H,1H3. The smallest absolute Gasteiger partial charge is 0.381 e. The molecule has 4 rings (SSSR count). The first-order valence-corrected chi connectivity index (χ1v) is 12.4. The molecule has 1 aliphatic heterocycles. The fourth-order valence-electron chi connectivity index (χ4n) is 3.20. The molecule has 12 heteroatoms. The van der Waals surface area contributed by atoms with Gasteiger partial charge in [-0.2, -0.15) is 15.2 Å². The van der Waals surface area contributed by atoms with Crippen LogP contribution in [0.1, 0.15) is 19.4 Å². The van der Waals surface area contributed by atoms with Crippen LogP contribution in [0.4, 0.5) is 11.4 Å². The van der Waals surface area contributed by atoms with Gasteiger partial charge in [0.25, 0.3) is 11.6 Å². The first kappa shape index (κ1) is 30.3. The van der Waals surface area contributed by atoms with E-state index in [1.165, 1.54) is 31.2 Å². The van der Waals surface area contributed by atoms with E-state index in [0.29, 0.717) is 16.4 Å². The number of hydrogen-bond acceptors (Lipinski definition) is 10. The van der Waals surface area contributed by atoms with Crippen molar-refractivity contribution in [1.29, 1.82) is 0 Å². The number of ketones is 3. The minimum Gasteiger partial charge on any atom is -0.505 e. The third-order valence-corrected chi connectivity index (χ3v) is 5.43. The van der Waals surface area contributed by atoms with E-state index in [1.54, 1.807) is 67.6 Å². The van der Waals surface area contributed by atoms with Gasteiger partial charge in [0.15, 0.2) is 23.0 Å². The Morgan fingerprint density at radius 1 is 0.927 bits per heavy atom. The number of aliphatic hydroxyl groups is 1. The lowest BCUT2D eigenvalue weighted by atomic mass is 10.1. The molecule has 0 saturated heterocycles. The van der Waals surface area contributed by atoms with Gasteiger partial charge in [0.2, 0.25) is 0 Å². The molecule has 0 spiro atoms. The van der Waals surface area contributed by atoms with Gasteiger partial charge in [0.1, 0.15) is 0 Å². The van der Waals surface area contributed by atoms with Crippen LogP contribution < -0.4 is 5.01 Å². The van der Waals surface area contributed by atoms with Gasteiger partial charge in [-0.1, -0.05) is 48.0 Å². The number of esters is 1. The fourth-order valence-corrected chi connectivity index (χ4v) is 3.33. The summed E-state index contributed by atoms with van der Waals surface area (Å²) in [6.07, 6.45) is 0. The van der Waals surface area contributed by atoms with E-state index >= 15 is 0 Å². The lowest BCUT2D eigenvalue weighted by Crippen LogP contribution is -2.28. The van der Waals surface area contributed by atoms with Crippen molar-refractivity contribution < 1.29 is 33.8 Å². The molecule has 0 saturated carbocycles. The molecule has 0 bridgehead atoms. The quantitative estimate of drug-likeness (QED) is 0.130. The lowest BCUT2D eigenvalue weighted by molar-refractivity contribution is -0.151. The van der Waals surface area contributed by atoms with Crippen LogP contribution >= 0.6 is 11.6 Å². The number of azo groups is 1. The summed E-state index contributed by atoms with van der Waals surface area (Å²) in [5.41, 5.74) is 0.375. The second kappa shape index (κ2) is 14.2.